The molecule has 2 amide bonds. The second-order valence-corrected chi connectivity index (χ2v) is 7.08. The fraction of sp³-hybridized carbons (Fsp3) is 0.0526. The van der Waals surface area contributed by atoms with Gasteiger partial charge in [0.05, 0.1) is 29.6 Å². The minimum atomic E-state index is -0.400. The first-order valence-electron chi connectivity index (χ1n) is 7.77. The van der Waals surface area contributed by atoms with Crippen molar-refractivity contribution in [3.05, 3.63) is 74.7 Å². The van der Waals surface area contributed by atoms with E-state index in [0.29, 0.717) is 27.7 Å². The van der Waals surface area contributed by atoms with E-state index in [2.05, 4.69) is 33.2 Å². The van der Waals surface area contributed by atoms with Crippen LogP contribution in [0.1, 0.15) is 20.9 Å². The lowest BCUT2D eigenvalue weighted by Gasteiger charge is -2.13. The maximum atomic E-state index is 12.6. The molecular weight excluding hydrogens is 483 g/mol. The zero-order valence-corrected chi connectivity index (χ0v) is 17.0. The van der Waals surface area contributed by atoms with E-state index in [1.54, 1.807) is 42.5 Å². The summed E-state index contributed by atoms with van der Waals surface area (Å²) < 4.78 is 11.2. The number of carbonyl (C=O) groups is 2. The molecule has 2 aromatic carbocycles. The van der Waals surface area contributed by atoms with Crippen molar-refractivity contribution in [3.8, 4) is 5.75 Å². The molecule has 0 aliphatic rings. The average Bonchev–Trinajstić information content (AvgIpc) is 3.19. The summed E-state index contributed by atoms with van der Waals surface area (Å²) in [5.74, 6) is -0.155. The van der Waals surface area contributed by atoms with E-state index in [4.69, 9.17) is 20.8 Å². The van der Waals surface area contributed by atoms with Gasteiger partial charge in [-0.2, -0.15) is 0 Å². The number of benzene rings is 2. The number of nitrogens with one attached hydrogen (secondary N) is 2. The van der Waals surface area contributed by atoms with Crippen LogP contribution >= 0.6 is 34.2 Å². The van der Waals surface area contributed by atoms with Crippen molar-refractivity contribution in [3.63, 3.8) is 0 Å². The van der Waals surface area contributed by atoms with Crippen LogP contribution < -0.4 is 15.4 Å². The first-order chi connectivity index (χ1) is 13.0. The van der Waals surface area contributed by atoms with Crippen LogP contribution in [-0.2, 0) is 0 Å². The Balaban J connectivity index is 1.84. The molecule has 3 rings (SSSR count). The molecule has 0 aliphatic carbocycles. The number of anilines is 2. The van der Waals surface area contributed by atoms with Crippen LogP contribution in [0.3, 0.4) is 0 Å². The average molecular weight is 497 g/mol. The molecular formula is C19H14ClIN2O4. The van der Waals surface area contributed by atoms with Gasteiger partial charge in [0, 0.05) is 9.26 Å². The molecule has 0 saturated heterocycles. The van der Waals surface area contributed by atoms with Crippen molar-refractivity contribution in [1.82, 2.24) is 0 Å². The van der Waals surface area contributed by atoms with Gasteiger partial charge < -0.3 is 19.8 Å². The molecule has 27 heavy (non-hydrogen) atoms. The molecule has 0 saturated carbocycles. The summed E-state index contributed by atoms with van der Waals surface area (Å²) in [6.07, 6.45) is 1.42. The summed E-state index contributed by atoms with van der Waals surface area (Å²) in [6.45, 7) is 0. The van der Waals surface area contributed by atoms with Gasteiger partial charge in [-0.25, -0.2) is 0 Å². The SMILES string of the molecule is COc1ccc(NC(=O)c2ccco2)cc1NC(=O)c1cc(I)ccc1Cl. The molecule has 0 atom stereocenters. The Morgan fingerprint density at radius 3 is 2.59 bits per heavy atom. The Kier molecular flexibility index (Phi) is 6.02. The van der Waals surface area contributed by atoms with Gasteiger partial charge in [0.1, 0.15) is 5.75 Å². The number of hydrogen-bond donors (Lipinski definition) is 2. The highest BCUT2D eigenvalue weighted by atomic mass is 127. The lowest BCUT2D eigenvalue weighted by Crippen LogP contribution is -2.15. The Morgan fingerprint density at radius 1 is 1.07 bits per heavy atom. The highest BCUT2D eigenvalue weighted by molar-refractivity contribution is 14.1. The molecule has 1 aromatic heterocycles. The second kappa shape index (κ2) is 8.45. The van der Waals surface area contributed by atoms with Gasteiger partial charge in [0.2, 0.25) is 0 Å². The number of halogens is 2. The first kappa shape index (κ1) is 19.2. The zero-order valence-electron chi connectivity index (χ0n) is 14.1. The fourth-order valence-electron chi connectivity index (χ4n) is 2.35. The number of ether oxygens (including phenoxy) is 1. The molecule has 138 valence electrons. The van der Waals surface area contributed by atoms with Crippen LogP contribution in [0.4, 0.5) is 11.4 Å². The highest BCUT2D eigenvalue weighted by Gasteiger charge is 2.15. The fourth-order valence-corrected chi connectivity index (χ4v) is 3.04. The van der Waals surface area contributed by atoms with Gasteiger partial charge in [0.15, 0.2) is 5.76 Å². The molecule has 1 heterocycles. The predicted octanol–water partition coefficient (Wildman–Crippen LogP) is 5.05. The standard InChI is InChI=1S/C19H14ClIN2O4/c1-26-16-7-5-12(22-19(25)17-3-2-8-27-17)10-15(16)23-18(24)13-9-11(21)4-6-14(13)20/h2-10H,1H3,(H,22,25)(H,23,24). The van der Waals surface area contributed by atoms with Crippen LogP contribution in [0, 0.1) is 3.57 Å². The van der Waals surface area contributed by atoms with Crippen molar-refractivity contribution in [2.75, 3.05) is 17.7 Å². The molecule has 0 unspecified atom stereocenters. The third-order valence-corrected chi connectivity index (χ3v) is 4.62. The molecule has 6 nitrogen and oxygen atoms in total. The number of carbonyl (C=O) groups excluding carboxylic acids is 2. The lowest BCUT2D eigenvalue weighted by atomic mass is 10.2. The van der Waals surface area contributed by atoms with Crippen molar-refractivity contribution in [1.29, 1.82) is 0 Å². The lowest BCUT2D eigenvalue weighted by molar-refractivity contribution is 0.0995. The van der Waals surface area contributed by atoms with Crippen LogP contribution in [-0.4, -0.2) is 18.9 Å². The Morgan fingerprint density at radius 2 is 1.89 bits per heavy atom. The van der Waals surface area contributed by atoms with Gasteiger partial charge in [-0.05, 0) is 71.1 Å². The van der Waals surface area contributed by atoms with E-state index < -0.39 is 5.91 Å². The van der Waals surface area contributed by atoms with Crippen molar-refractivity contribution >= 4 is 57.4 Å². The molecule has 3 aromatic rings. The Hall–Kier alpha value is -2.52. The quantitative estimate of drug-likeness (QED) is 0.485. The number of amides is 2. The van der Waals surface area contributed by atoms with Gasteiger partial charge in [-0.1, -0.05) is 11.6 Å². The molecule has 2 N–H and O–H groups in total. The molecule has 0 radical (unpaired) electrons. The molecule has 0 fully saturated rings. The summed E-state index contributed by atoms with van der Waals surface area (Å²) in [5, 5.41) is 5.81. The molecule has 0 spiro atoms. The summed E-state index contributed by atoms with van der Waals surface area (Å²) in [5.41, 5.74) is 1.21. The summed E-state index contributed by atoms with van der Waals surface area (Å²) in [7, 11) is 1.49. The van der Waals surface area contributed by atoms with E-state index in [0.717, 1.165) is 3.57 Å². The van der Waals surface area contributed by atoms with Crippen LogP contribution in [0.15, 0.2) is 59.2 Å². The van der Waals surface area contributed by atoms with Crippen molar-refractivity contribution in [2.24, 2.45) is 0 Å². The maximum Gasteiger partial charge on any atom is 0.291 e. The predicted molar refractivity (Wildman–Crippen MR) is 112 cm³/mol. The zero-order chi connectivity index (χ0) is 19.4. The van der Waals surface area contributed by atoms with Gasteiger partial charge in [-0.3, -0.25) is 9.59 Å². The maximum absolute atomic E-state index is 12.6. The summed E-state index contributed by atoms with van der Waals surface area (Å²) in [4.78, 5) is 24.7. The number of rotatable bonds is 5. The van der Waals surface area contributed by atoms with Gasteiger partial charge in [-0.15, -0.1) is 0 Å². The number of furan rings is 1. The van der Waals surface area contributed by atoms with Crippen LogP contribution in [0.25, 0.3) is 0 Å². The Labute approximate surface area is 174 Å². The molecule has 8 heteroatoms. The van der Waals surface area contributed by atoms with Crippen molar-refractivity contribution in [2.45, 2.75) is 0 Å². The van der Waals surface area contributed by atoms with Crippen molar-refractivity contribution < 1.29 is 18.7 Å². The van der Waals surface area contributed by atoms with Crippen LogP contribution in [0.5, 0.6) is 5.75 Å². The topological polar surface area (TPSA) is 80.6 Å². The van der Waals surface area contributed by atoms with E-state index >= 15 is 0 Å². The number of methoxy groups -OCH3 is 1. The van der Waals surface area contributed by atoms with E-state index in [-0.39, 0.29) is 11.7 Å². The van der Waals surface area contributed by atoms with E-state index in [1.165, 1.54) is 13.4 Å². The monoisotopic (exact) mass is 496 g/mol. The third-order valence-electron chi connectivity index (χ3n) is 3.62. The second-order valence-electron chi connectivity index (χ2n) is 5.42. The van der Waals surface area contributed by atoms with E-state index in [1.807, 2.05) is 6.07 Å². The summed E-state index contributed by atoms with van der Waals surface area (Å²) >= 11 is 8.23. The first-order valence-corrected chi connectivity index (χ1v) is 9.23. The summed E-state index contributed by atoms with van der Waals surface area (Å²) in [6, 6.07) is 13.2. The Bertz CT molecular complexity index is 989. The van der Waals surface area contributed by atoms with Crippen LogP contribution in [0.2, 0.25) is 5.02 Å². The molecule has 0 aliphatic heterocycles. The highest BCUT2D eigenvalue weighted by Crippen LogP contribution is 2.29. The van der Waals surface area contributed by atoms with Gasteiger partial charge in [0.25, 0.3) is 11.8 Å². The smallest absolute Gasteiger partial charge is 0.291 e. The minimum absolute atomic E-state index is 0.182. The van der Waals surface area contributed by atoms with Gasteiger partial charge >= 0.3 is 0 Å². The third kappa shape index (κ3) is 4.61. The van der Waals surface area contributed by atoms with E-state index in [9.17, 15) is 9.59 Å². The molecule has 0 bridgehead atoms. The normalized spacial score (nSPS) is 10.3. The number of hydrogen-bond acceptors (Lipinski definition) is 4. The minimum Gasteiger partial charge on any atom is -0.495 e. The largest absolute Gasteiger partial charge is 0.495 e.